The molecular weight excluding hydrogens is 342 g/mol. The molecule has 1 aliphatic rings. The first kappa shape index (κ1) is 19.2. The van der Waals surface area contributed by atoms with Gasteiger partial charge >= 0.3 is 0 Å². The number of benzene rings is 1. The molecule has 0 saturated heterocycles. The standard InChI is InChI=1S/C21H27N3O3/c1-14-11-18(14)19-10-9-17(27-19)12-24(4)13-20(25)22-16-7-5-15(6-8-16)21(26)23(2)3/h5-10,14,18H,11-13H2,1-4H3,(H,22,25)/t14-,18-/m0/s1. The molecule has 1 N–H and O–H groups in total. The van der Waals surface area contributed by atoms with E-state index >= 15 is 0 Å². The second-order valence-electron chi connectivity index (χ2n) is 7.62. The van der Waals surface area contributed by atoms with Gasteiger partial charge < -0.3 is 14.6 Å². The van der Waals surface area contributed by atoms with Crippen molar-refractivity contribution < 1.29 is 14.0 Å². The van der Waals surface area contributed by atoms with E-state index in [9.17, 15) is 9.59 Å². The smallest absolute Gasteiger partial charge is 0.253 e. The summed E-state index contributed by atoms with van der Waals surface area (Å²) in [5.41, 5.74) is 1.26. The van der Waals surface area contributed by atoms with Crippen LogP contribution in [0.25, 0.3) is 0 Å². The van der Waals surface area contributed by atoms with Crippen LogP contribution in [0.2, 0.25) is 0 Å². The van der Waals surface area contributed by atoms with Crippen molar-refractivity contribution in [1.29, 1.82) is 0 Å². The molecular formula is C21H27N3O3. The van der Waals surface area contributed by atoms with Gasteiger partial charge in [0.25, 0.3) is 5.91 Å². The van der Waals surface area contributed by atoms with Crippen molar-refractivity contribution in [3.63, 3.8) is 0 Å². The summed E-state index contributed by atoms with van der Waals surface area (Å²) in [6.45, 7) is 3.07. The van der Waals surface area contributed by atoms with Gasteiger partial charge in [-0.15, -0.1) is 0 Å². The van der Waals surface area contributed by atoms with Crippen LogP contribution in [0.3, 0.4) is 0 Å². The van der Waals surface area contributed by atoms with Crippen LogP contribution in [0.1, 0.15) is 41.1 Å². The summed E-state index contributed by atoms with van der Waals surface area (Å²) in [6.07, 6.45) is 1.20. The molecule has 0 aliphatic heterocycles. The number of amides is 2. The van der Waals surface area contributed by atoms with Gasteiger partial charge in [0.05, 0.1) is 13.1 Å². The Bertz CT molecular complexity index is 810. The minimum absolute atomic E-state index is 0.0639. The molecule has 0 radical (unpaired) electrons. The largest absolute Gasteiger partial charge is 0.464 e. The summed E-state index contributed by atoms with van der Waals surface area (Å²) in [4.78, 5) is 27.6. The van der Waals surface area contributed by atoms with Crippen LogP contribution in [0, 0.1) is 5.92 Å². The van der Waals surface area contributed by atoms with Gasteiger partial charge in [-0.25, -0.2) is 0 Å². The highest BCUT2D eigenvalue weighted by molar-refractivity contribution is 5.95. The summed E-state index contributed by atoms with van der Waals surface area (Å²) >= 11 is 0. The third-order valence-corrected chi connectivity index (χ3v) is 4.82. The zero-order chi connectivity index (χ0) is 19.6. The zero-order valence-electron chi connectivity index (χ0n) is 16.4. The van der Waals surface area contributed by atoms with E-state index in [0.717, 1.165) is 11.5 Å². The quantitative estimate of drug-likeness (QED) is 0.814. The Morgan fingerprint density at radius 2 is 1.78 bits per heavy atom. The minimum atomic E-state index is -0.105. The molecule has 0 unspecified atom stereocenters. The van der Waals surface area contributed by atoms with Crippen LogP contribution in [0.5, 0.6) is 0 Å². The number of likely N-dealkylation sites (N-methyl/N-ethyl adjacent to an activating group) is 1. The molecule has 0 spiro atoms. The van der Waals surface area contributed by atoms with Crippen molar-refractivity contribution in [2.24, 2.45) is 5.92 Å². The monoisotopic (exact) mass is 369 g/mol. The lowest BCUT2D eigenvalue weighted by Crippen LogP contribution is -2.29. The summed E-state index contributed by atoms with van der Waals surface area (Å²) in [6, 6.07) is 11.0. The van der Waals surface area contributed by atoms with Crippen molar-refractivity contribution in [2.75, 3.05) is 33.0 Å². The van der Waals surface area contributed by atoms with Crippen molar-refractivity contribution in [1.82, 2.24) is 9.80 Å². The van der Waals surface area contributed by atoms with Crippen molar-refractivity contribution in [3.05, 3.63) is 53.5 Å². The van der Waals surface area contributed by atoms with Gasteiger partial charge in [0, 0.05) is 31.3 Å². The number of rotatable bonds is 7. The Morgan fingerprint density at radius 3 is 2.37 bits per heavy atom. The van der Waals surface area contributed by atoms with Gasteiger partial charge in [0.15, 0.2) is 0 Å². The van der Waals surface area contributed by atoms with Gasteiger partial charge in [0.1, 0.15) is 11.5 Å². The molecule has 1 aromatic carbocycles. The van der Waals surface area contributed by atoms with E-state index in [4.69, 9.17) is 4.42 Å². The molecule has 6 nitrogen and oxygen atoms in total. The molecule has 0 bridgehead atoms. The van der Waals surface area contributed by atoms with Gasteiger partial charge in [-0.3, -0.25) is 14.5 Å². The van der Waals surface area contributed by atoms with E-state index in [2.05, 4.69) is 12.2 Å². The molecule has 2 atom stereocenters. The summed E-state index contributed by atoms with van der Waals surface area (Å²) in [5.74, 6) is 3.05. The maximum atomic E-state index is 12.2. The van der Waals surface area contributed by atoms with Crippen molar-refractivity contribution in [3.8, 4) is 0 Å². The zero-order valence-corrected chi connectivity index (χ0v) is 16.4. The number of carbonyl (C=O) groups is 2. The lowest BCUT2D eigenvalue weighted by atomic mass is 10.2. The first-order valence-electron chi connectivity index (χ1n) is 9.22. The van der Waals surface area contributed by atoms with Crippen LogP contribution >= 0.6 is 0 Å². The van der Waals surface area contributed by atoms with Gasteiger partial charge in [0.2, 0.25) is 5.91 Å². The van der Waals surface area contributed by atoms with Crippen molar-refractivity contribution >= 4 is 17.5 Å². The summed E-state index contributed by atoms with van der Waals surface area (Å²) in [5, 5.41) is 2.86. The van der Waals surface area contributed by atoms with Crippen LogP contribution in [-0.2, 0) is 11.3 Å². The Morgan fingerprint density at radius 1 is 1.11 bits per heavy atom. The van der Waals surface area contributed by atoms with Crippen LogP contribution in [0.4, 0.5) is 5.69 Å². The average molecular weight is 369 g/mol. The summed E-state index contributed by atoms with van der Waals surface area (Å²) in [7, 11) is 5.31. The number of hydrogen-bond donors (Lipinski definition) is 1. The first-order valence-corrected chi connectivity index (χ1v) is 9.22. The molecule has 1 heterocycles. The van der Waals surface area contributed by atoms with Gasteiger partial charge in [-0.1, -0.05) is 6.92 Å². The molecule has 2 amide bonds. The summed E-state index contributed by atoms with van der Waals surface area (Å²) < 4.78 is 5.89. The Kier molecular flexibility index (Phi) is 5.65. The molecule has 1 aliphatic carbocycles. The molecule has 144 valence electrons. The topological polar surface area (TPSA) is 65.8 Å². The highest BCUT2D eigenvalue weighted by Gasteiger charge is 2.36. The van der Waals surface area contributed by atoms with E-state index in [1.165, 1.54) is 11.3 Å². The molecule has 27 heavy (non-hydrogen) atoms. The van der Waals surface area contributed by atoms with Crippen LogP contribution < -0.4 is 5.32 Å². The van der Waals surface area contributed by atoms with Gasteiger partial charge in [-0.05, 0) is 55.8 Å². The second kappa shape index (κ2) is 7.96. The third-order valence-electron chi connectivity index (χ3n) is 4.82. The highest BCUT2D eigenvalue weighted by atomic mass is 16.3. The number of anilines is 1. The number of furan rings is 1. The minimum Gasteiger partial charge on any atom is -0.464 e. The van der Waals surface area contributed by atoms with E-state index < -0.39 is 0 Å². The lowest BCUT2D eigenvalue weighted by molar-refractivity contribution is -0.117. The SMILES string of the molecule is C[C@H]1C[C@@H]1c1ccc(CN(C)CC(=O)Nc2ccc(C(=O)N(C)C)cc2)o1. The fourth-order valence-electron chi connectivity index (χ4n) is 3.12. The van der Waals surface area contributed by atoms with E-state index in [-0.39, 0.29) is 18.4 Å². The second-order valence-corrected chi connectivity index (χ2v) is 7.62. The van der Waals surface area contributed by atoms with Crippen LogP contribution in [-0.4, -0.2) is 49.3 Å². The van der Waals surface area contributed by atoms with Gasteiger partial charge in [-0.2, -0.15) is 0 Å². The van der Waals surface area contributed by atoms with E-state index in [0.29, 0.717) is 29.6 Å². The predicted octanol–water partition coefficient (Wildman–Crippen LogP) is 3.18. The average Bonchev–Trinajstić information content (AvgIpc) is 3.16. The molecule has 1 fully saturated rings. The fourth-order valence-corrected chi connectivity index (χ4v) is 3.12. The van der Waals surface area contributed by atoms with E-state index in [1.807, 2.05) is 24.1 Å². The molecule has 3 rings (SSSR count). The van der Waals surface area contributed by atoms with Crippen molar-refractivity contribution in [2.45, 2.75) is 25.8 Å². The number of nitrogens with one attached hydrogen (secondary N) is 1. The highest BCUT2D eigenvalue weighted by Crippen LogP contribution is 2.47. The first-order chi connectivity index (χ1) is 12.8. The Hall–Kier alpha value is -2.60. The maximum absolute atomic E-state index is 12.2. The normalized spacial score (nSPS) is 18.4. The Labute approximate surface area is 160 Å². The number of hydrogen-bond acceptors (Lipinski definition) is 4. The Balaban J connectivity index is 1.48. The van der Waals surface area contributed by atoms with E-state index in [1.54, 1.807) is 38.4 Å². The molecule has 1 aromatic heterocycles. The number of nitrogens with zero attached hydrogens (tertiary/aromatic N) is 2. The fraction of sp³-hybridized carbons (Fsp3) is 0.429. The molecule has 6 heteroatoms. The predicted molar refractivity (Wildman–Crippen MR) is 105 cm³/mol. The molecule has 2 aromatic rings. The maximum Gasteiger partial charge on any atom is 0.253 e. The third kappa shape index (κ3) is 4.98. The lowest BCUT2D eigenvalue weighted by Gasteiger charge is -2.15. The number of carbonyl (C=O) groups excluding carboxylic acids is 2. The van der Waals surface area contributed by atoms with Crippen LogP contribution in [0.15, 0.2) is 40.8 Å². The molecule has 1 saturated carbocycles.